The van der Waals surface area contributed by atoms with Crippen LogP contribution in [0.15, 0.2) is 0 Å². The van der Waals surface area contributed by atoms with Gasteiger partial charge in [0.15, 0.2) is 0 Å². The molecule has 0 rings (SSSR count). The van der Waals surface area contributed by atoms with Crippen molar-refractivity contribution in [2.45, 2.75) is 51.1 Å². The van der Waals surface area contributed by atoms with E-state index in [9.17, 15) is 9.90 Å². The van der Waals surface area contributed by atoms with Gasteiger partial charge in [0, 0.05) is 0 Å². The lowest BCUT2D eigenvalue weighted by atomic mass is 9.86. The number of carbonyl (C=O) groups is 1. The van der Waals surface area contributed by atoms with Crippen LogP contribution in [0.2, 0.25) is 0 Å². The van der Waals surface area contributed by atoms with Crippen LogP contribution in [-0.2, 0) is 4.79 Å². The summed E-state index contributed by atoms with van der Waals surface area (Å²) in [4.78, 5) is 11.3. The molecule has 0 bridgehead atoms. The molecule has 0 aromatic carbocycles. The third-order valence-corrected chi connectivity index (χ3v) is 2.52. The molecular weight excluding hydrogens is 190 g/mol. The molecule has 1 unspecified atom stereocenters. The molecule has 4 heteroatoms. The lowest BCUT2D eigenvalue weighted by Gasteiger charge is -2.38. The number of halogens is 1. The average molecular weight is 208 g/mol. The number of rotatable bonds is 3. The molecule has 0 aromatic rings. The molecular formula is C9H18ClNO2. The quantitative estimate of drug-likeness (QED) is 0.685. The van der Waals surface area contributed by atoms with E-state index in [1.165, 1.54) is 0 Å². The zero-order valence-corrected chi connectivity index (χ0v) is 9.57. The van der Waals surface area contributed by atoms with Crippen molar-refractivity contribution in [3.8, 4) is 0 Å². The molecule has 0 aromatic heterocycles. The Bertz CT molecular complexity index is 194. The Labute approximate surface area is 84.5 Å². The first-order chi connectivity index (χ1) is 5.58. The minimum Gasteiger partial charge on any atom is -0.388 e. The van der Waals surface area contributed by atoms with Crippen molar-refractivity contribution in [2.75, 3.05) is 0 Å². The molecule has 13 heavy (non-hydrogen) atoms. The van der Waals surface area contributed by atoms with Gasteiger partial charge in [-0.25, -0.2) is 0 Å². The monoisotopic (exact) mass is 207 g/mol. The summed E-state index contributed by atoms with van der Waals surface area (Å²) in [6, 6.07) is 0. The first-order valence-corrected chi connectivity index (χ1v) is 4.70. The zero-order chi connectivity index (χ0) is 10.9. The van der Waals surface area contributed by atoms with E-state index in [1.807, 2.05) is 0 Å². The van der Waals surface area contributed by atoms with Crippen molar-refractivity contribution in [3.63, 3.8) is 0 Å². The van der Waals surface area contributed by atoms with Crippen molar-refractivity contribution < 1.29 is 9.90 Å². The second kappa shape index (κ2) is 3.84. The standard InChI is InChI=1S/C9H18ClNO2/c1-6(10)7(12)11-8(2,3)9(4,5)13/h6,13H,1-5H3,(H,11,12). The van der Waals surface area contributed by atoms with Gasteiger partial charge < -0.3 is 10.4 Å². The van der Waals surface area contributed by atoms with E-state index < -0.39 is 16.5 Å². The fourth-order valence-electron chi connectivity index (χ4n) is 0.560. The average Bonchev–Trinajstić information content (AvgIpc) is 1.83. The van der Waals surface area contributed by atoms with E-state index in [0.29, 0.717) is 0 Å². The molecule has 0 radical (unpaired) electrons. The molecule has 0 fully saturated rings. The maximum atomic E-state index is 11.3. The van der Waals surface area contributed by atoms with E-state index in [0.717, 1.165) is 0 Å². The minimum atomic E-state index is -0.978. The Balaban J connectivity index is 4.44. The van der Waals surface area contributed by atoms with Gasteiger partial charge in [0.1, 0.15) is 5.38 Å². The van der Waals surface area contributed by atoms with Crippen molar-refractivity contribution in [3.05, 3.63) is 0 Å². The van der Waals surface area contributed by atoms with Gasteiger partial charge in [-0.05, 0) is 34.6 Å². The predicted molar refractivity (Wildman–Crippen MR) is 53.8 cm³/mol. The molecule has 0 heterocycles. The van der Waals surface area contributed by atoms with Crippen LogP contribution in [0.3, 0.4) is 0 Å². The van der Waals surface area contributed by atoms with E-state index in [1.54, 1.807) is 34.6 Å². The van der Waals surface area contributed by atoms with Gasteiger partial charge in [0.2, 0.25) is 5.91 Å². The fourth-order valence-corrected chi connectivity index (χ4v) is 0.615. The number of hydrogen-bond donors (Lipinski definition) is 2. The summed E-state index contributed by atoms with van der Waals surface area (Å²) in [6.07, 6.45) is 0. The number of nitrogens with one attached hydrogen (secondary N) is 1. The van der Waals surface area contributed by atoms with Gasteiger partial charge >= 0.3 is 0 Å². The zero-order valence-electron chi connectivity index (χ0n) is 8.81. The third kappa shape index (κ3) is 3.53. The predicted octanol–water partition coefficient (Wildman–Crippen LogP) is 1.28. The maximum absolute atomic E-state index is 11.3. The summed E-state index contributed by atoms with van der Waals surface area (Å²) in [7, 11) is 0. The first kappa shape index (κ1) is 12.7. The molecule has 1 atom stereocenters. The maximum Gasteiger partial charge on any atom is 0.238 e. The van der Waals surface area contributed by atoms with Crippen LogP contribution >= 0.6 is 11.6 Å². The van der Waals surface area contributed by atoms with E-state index >= 15 is 0 Å². The van der Waals surface area contributed by atoms with Crippen LogP contribution < -0.4 is 5.32 Å². The number of aliphatic hydroxyl groups is 1. The SMILES string of the molecule is CC(Cl)C(=O)NC(C)(C)C(C)(C)O. The number of carbonyl (C=O) groups excluding carboxylic acids is 1. The summed E-state index contributed by atoms with van der Waals surface area (Å²) in [5.74, 6) is -0.270. The molecule has 0 aliphatic heterocycles. The highest BCUT2D eigenvalue weighted by Crippen LogP contribution is 2.20. The van der Waals surface area contributed by atoms with Gasteiger partial charge in [-0.3, -0.25) is 4.79 Å². The second-order valence-corrected chi connectivity index (χ2v) is 4.94. The Hall–Kier alpha value is -0.280. The van der Waals surface area contributed by atoms with Crippen molar-refractivity contribution in [2.24, 2.45) is 0 Å². The molecule has 0 aliphatic rings. The molecule has 3 nitrogen and oxygen atoms in total. The number of hydrogen-bond acceptors (Lipinski definition) is 2. The first-order valence-electron chi connectivity index (χ1n) is 4.26. The smallest absolute Gasteiger partial charge is 0.238 e. The Kier molecular flexibility index (Phi) is 3.76. The number of amides is 1. The molecule has 0 saturated carbocycles. The van der Waals surface area contributed by atoms with Gasteiger partial charge in [-0.2, -0.15) is 0 Å². The summed E-state index contributed by atoms with van der Waals surface area (Å²) in [5, 5.41) is 11.8. The van der Waals surface area contributed by atoms with Gasteiger partial charge in [0.05, 0.1) is 11.1 Å². The van der Waals surface area contributed by atoms with E-state index in [2.05, 4.69) is 5.32 Å². The molecule has 78 valence electrons. The lowest BCUT2D eigenvalue weighted by Crippen LogP contribution is -2.58. The van der Waals surface area contributed by atoms with Crippen molar-refractivity contribution >= 4 is 17.5 Å². The highest BCUT2D eigenvalue weighted by atomic mass is 35.5. The van der Waals surface area contributed by atoms with Crippen LogP contribution in [0.25, 0.3) is 0 Å². The summed E-state index contributed by atoms with van der Waals surface area (Å²) in [6.45, 7) is 8.39. The van der Waals surface area contributed by atoms with Crippen LogP contribution in [0.4, 0.5) is 0 Å². The van der Waals surface area contributed by atoms with E-state index in [4.69, 9.17) is 11.6 Å². The van der Waals surface area contributed by atoms with Crippen LogP contribution in [0, 0.1) is 0 Å². The summed E-state index contributed by atoms with van der Waals surface area (Å²) < 4.78 is 0. The fraction of sp³-hybridized carbons (Fsp3) is 0.889. The summed E-state index contributed by atoms with van der Waals surface area (Å²) in [5.41, 5.74) is -1.67. The minimum absolute atomic E-state index is 0.270. The van der Waals surface area contributed by atoms with Crippen molar-refractivity contribution in [1.29, 1.82) is 0 Å². The molecule has 0 saturated heterocycles. The topological polar surface area (TPSA) is 49.3 Å². The normalized spacial score (nSPS) is 15.3. The molecule has 0 spiro atoms. The van der Waals surface area contributed by atoms with Gasteiger partial charge in [-0.1, -0.05) is 0 Å². The lowest BCUT2D eigenvalue weighted by molar-refractivity contribution is -0.125. The Morgan fingerprint density at radius 2 is 1.77 bits per heavy atom. The van der Waals surface area contributed by atoms with E-state index in [-0.39, 0.29) is 5.91 Å². The number of alkyl halides is 1. The second-order valence-electron chi connectivity index (χ2n) is 4.29. The van der Waals surface area contributed by atoms with Gasteiger partial charge in [0.25, 0.3) is 0 Å². The van der Waals surface area contributed by atoms with Crippen molar-refractivity contribution in [1.82, 2.24) is 5.32 Å². The summed E-state index contributed by atoms with van der Waals surface area (Å²) >= 11 is 5.59. The van der Waals surface area contributed by atoms with Crippen LogP contribution in [-0.4, -0.2) is 27.5 Å². The molecule has 1 amide bonds. The third-order valence-electron chi connectivity index (χ3n) is 2.33. The largest absolute Gasteiger partial charge is 0.388 e. The Morgan fingerprint density at radius 3 is 2.00 bits per heavy atom. The molecule has 2 N–H and O–H groups in total. The highest BCUT2D eigenvalue weighted by Gasteiger charge is 2.36. The highest BCUT2D eigenvalue weighted by molar-refractivity contribution is 6.30. The molecule has 0 aliphatic carbocycles. The van der Waals surface area contributed by atoms with Crippen LogP contribution in [0.5, 0.6) is 0 Å². The van der Waals surface area contributed by atoms with Gasteiger partial charge in [-0.15, -0.1) is 11.6 Å². The Morgan fingerprint density at radius 1 is 1.38 bits per heavy atom. The van der Waals surface area contributed by atoms with Crippen LogP contribution in [0.1, 0.15) is 34.6 Å².